The van der Waals surface area contributed by atoms with Gasteiger partial charge in [-0.3, -0.25) is 9.48 Å². The number of carbonyl (C=O) groups is 1. The highest BCUT2D eigenvalue weighted by atomic mass is 16.5. The second-order valence-electron chi connectivity index (χ2n) is 7.75. The van der Waals surface area contributed by atoms with Crippen molar-refractivity contribution < 1.29 is 14.3 Å². The van der Waals surface area contributed by atoms with Gasteiger partial charge in [-0.05, 0) is 37.8 Å². The van der Waals surface area contributed by atoms with Crippen molar-refractivity contribution in [1.82, 2.24) is 20.0 Å². The third kappa shape index (κ3) is 4.06. The van der Waals surface area contributed by atoms with Crippen LogP contribution in [0.25, 0.3) is 10.9 Å². The molecule has 0 spiro atoms. The first-order valence-corrected chi connectivity index (χ1v) is 10.3. The zero-order chi connectivity index (χ0) is 19.5. The van der Waals surface area contributed by atoms with Crippen LogP contribution in [0.5, 0.6) is 0 Å². The lowest BCUT2D eigenvalue weighted by atomic mass is 10.0. The van der Waals surface area contributed by atoms with E-state index in [0.29, 0.717) is 19.2 Å². The minimum absolute atomic E-state index is 0.0113. The molecule has 2 aromatic rings. The zero-order valence-corrected chi connectivity index (χ0v) is 16.8. The molecule has 0 bridgehead atoms. The Labute approximate surface area is 166 Å². The molecule has 152 valence electrons. The van der Waals surface area contributed by atoms with Gasteiger partial charge in [-0.1, -0.05) is 12.1 Å². The Hall–Kier alpha value is -1.96. The van der Waals surface area contributed by atoms with Crippen molar-refractivity contribution in [2.45, 2.75) is 50.9 Å². The fourth-order valence-electron chi connectivity index (χ4n) is 3.97. The molecule has 7 nitrogen and oxygen atoms in total. The number of aromatic nitrogens is 2. The monoisotopic (exact) mass is 386 g/mol. The Morgan fingerprint density at radius 2 is 2.32 bits per heavy atom. The maximum Gasteiger partial charge on any atom is 0.253 e. The number of aryl methyl sites for hydroxylation is 1. The number of nitrogens with zero attached hydrogens (tertiary/aromatic N) is 3. The number of ether oxygens (including phenoxy) is 2. The van der Waals surface area contributed by atoms with Crippen molar-refractivity contribution in [3.8, 4) is 0 Å². The highest BCUT2D eigenvalue weighted by molar-refractivity contribution is 5.83. The molecule has 1 aliphatic heterocycles. The normalized spacial score (nSPS) is 21.0. The average Bonchev–Trinajstić information content (AvgIpc) is 3.48. The molecule has 4 rings (SSSR count). The summed E-state index contributed by atoms with van der Waals surface area (Å²) in [7, 11) is 1.72. The summed E-state index contributed by atoms with van der Waals surface area (Å²) in [6, 6.07) is 6.75. The Kier molecular flexibility index (Phi) is 5.94. The molecule has 1 N–H and O–H groups in total. The highest BCUT2D eigenvalue weighted by Crippen LogP contribution is 2.36. The lowest BCUT2D eigenvalue weighted by Crippen LogP contribution is -2.50. The first-order chi connectivity index (χ1) is 13.7. The molecule has 1 aliphatic carbocycles. The summed E-state index contributed by atoms with van der Waals surface area (Å²) in [5, 5.41) is 8.91. The number of nitrogens with one attached hydrogen (secondary N) is 1. The van der Waals surface area contributed by atoms with E-state index < -0.39 is 0 Å². The van der Waals surface area contributed by atoms with E-state index in [1.165, 1.54) is 0 Å². The van der Waals surface area contributed by atoms with Crippen molar-refractivity contribution >= 4 is 16.8 Å². The van der Waals surface area contributed by atoms with Crippen LogP contribution >= 0.6 is 0 Å². The number of morpholine rings is 1. The van der Waals surface area contributed by atoms with Crippen LogP contribution in [0.2, 0.25) is 0 Å². The molecule has 0 unspecified atom stereocenters. The molecular formula is C21H30N4O3. The Bertz CT molecular complexity index is 811. The molecule has 28 heavy (non-hydrogen) atoms. The van der Waals surface area contributed by atoms with Crippen LogP contribution in [-0.2, 0) is 20.8 Å². The molecule has 1 amide bonds. The van der Waals surface area contributed by atoms with Crippen molar-refractivity contribution in [2.75, 3.05) is 33.4 Å². The van der Waals surface area contributed by atoms with Crippen LogP contribution in [0.1, 0.15) is 37.8 Å². The standard InChI is InChI=1S/C21H30N4O3/c1-15(25(18-6-7-18)21(26)20-14-22-8-11-28-20)16-4-5-17-13-23-24(19(17)12-16)9-3-10-27-2/h4-5,12-13,15,18,20,22H,3,6-11,14H2,1-2H3/t15-,20+/m0/s1. The van der Waals surface area contributed by atoms with Crippen molar-refractivity contribution in [3.63, 3.8) is 0 Å². The van der Waals surface area contributed by atoms with E-state index in [1.807, 2.05) is 15.8 Å². The number of rotatable bonds is 8. The van der Waals surface area contributed by atoms with Gasteiger partial charge in [-0.25, -0.2) is 0 Å². The van der Waals surface area contributed by atoms with Crippen LogP contribution in [0.15, 0.2) is 24.4 Å². The van der Waals surface area contributed by atoms with Crippen molar-refractivity contribution in [2.24, 2.45) is 0 Å². The van der Waals surface area contributed by atoms with Gasteiger partial charge in [0.25, 0.3) is 5.91 Å². The van der Waals surface area contributed by atoms with E-state index in [2.05, 4.69) is 35.5 Å². The largest absolute Gasteiger partial charge is 0.385 e. The lowest BCUT2D eigenvalue weighted by molar-refractivity contribution is -0.148. The van der Waals surface area contributed by atoms with Gasteiger partial charge in [-0.15, -0.1) is 0 Å². The molecule has 7 heteroatoms. The summed E-state index contributed by atoms with van der Waals surface area (Å²) < 4.78 is 12.9. The van der Waals surface area contributed by atoms with Gasteiger partial charge < -0.3 is 19.7 Å². The van der Waals surface area contributed by atoms with E-state index in [9.17, 15) is 4.79 Å². The number of methoxy groups -OCH3 is 1. The third-order valence-electron chi connectivity index (χ3n) is 5.68. The Morgan fingerprint density at radius 3 is 3.04 bits per heavy atom. The number of amides is 1. The van der Waals surface area contributed by atoms with Gasteiger partial charge >= 0.3 is 0 Å². The predicted octanol–water partition coefficient (Wildman–Crippen LogP) is 2.11. The third-order valence-corrected chi connectivity index (χ3v) is 5.68. The van der Waals surface area contributed by atoms with E-state index >= 15 is 0 Å². The Balaban J connectivity index is 1.56. The van der Waals surface area contributed by atoms with Crippen LogP contribution < -0.4 is 5.32 Å². The topological polar surface area (TPSA) is 68.6 Å². The number of fused-ring (bicyclic) bond motifs is 1. The molecule has 1 saturated heterocycles. The van der Waals surface area contributed by atoms with Crippen LogP contribution in [-0.4, -0.2) is 66.1 Å². The number of hydrogen-bond acceptors (Lipinski definition) is 5. The average molecular weight is 386 g/mol. The maximum atomic E-state index is 13.2. The first-order valence-electron chi connectivity index (χ1n) is 10.3. The maximum absolute atomic E-state index is 13.2. The molecule has 1 aromatic carbocycles. The SMILES string of the molecule is COCCCn1ncc2ccc([C@H](C)N(C(=O)[C@H]3CNCCO3)C3CC3)cc21. The number of carbonyl (C=O) groups excluding carboxylic acids is 1. The van der Waals surface area contributed by atoms with Gasteiger partial charge in [0.05, 0.1) is 24.4 Å². The predicted molar refractivity (Wildman–Crippen MR) is 107 cm³/mol. The van der Waals surface area contributed by atoms with Crippen LogP contribution in [0.3, 0.4) is 0 Å². The van der Waals surface area contributed by atoms with Gasteiger partial charge in [0.2, 0.25) is 0 Å². The van der Waals surface area contributed by atoms with Gasteiger partial charge in [-0.2, -0.15) is 5.10 Å². The molecule has 2 aliphatic rings. The number of hydrogen-bond donors (Lipinski definition) is 1. The number of benzene rings is 1. The second-order valence-corrected chi connectivity index (χ2v) is 7.75. The van der Waals surface area contributed by atoms with Crippen LogP contribution in [0, 0.1) is 0 Å². The fourth-order valence-corrected chi connectivity index (χ4v) is 3.97. The summed E-state index contributed by atoms with van der Waals surface area (Å²) in [4.78, 5) is 15.2. The van der Waals surface area contributed by atoms with E-state index in [-0.39, 0.29) is 18.1 Å². The van der Waals surface area contributed by atoms with E-state index in [1.54, 1.807) is 7.11 Å². The minimum Gasteiger partial charge on any atom is -0.385 e. The molecule has 2 heterocycles. The fraction of sp³-hybridized carbons (Fsp3) is 0.619. The summed E-state index contributed by atoms with van der Waals surface area (Å²) in [6.45, 7) is 5.67. The van der Waals surface area contributed by atoms with E-state index in [4.69, 9.17) is 9.47 Å². The van der Waals surface area contributed by atoms with E-state index in [0.717, 1.165) is 55.4 Å². The zero-order valence-electron chi connectivity index (χ0n) is 16.8. The van der Waals surface area contributed by atoms with Crippen molar-refractivity contribution in [1.29, 1.82) is 0 Å². The Morgan fingerprint density at radius 1 is 1.46 bits per heavy atom. The molecule has 0 radical (unpaired) electrons. The van der Waals surface area contributed by atoms with Gasteiger partial charge in [0.1, 0.15) is 6.10 Å². The quantitative estimate of drug-likeness (QED) is 0.704. The van der Waals surface area contributed by atoms with Gasteiger partial charge in [0.15, 0.2) is 0 Å². The summed E-state index contributed by atoms with van der Waals surface area (Å²) in [5.41, 5.74) is 2.25. The highest BCUT2D eigenvalue weighted by Gasteiger charge is 2.39. The molecule has 1 saturated carbocycles. The summed E-state index contributed by atoms with van der Waals surface area (Å²) in [6.07, 6.45) is 4.61. The first kappa shape index (κ1) is 19.4. The molecular weight excluding hydrogens is 356 g/mol. The van der Waals surface area contributed by atoms with Crippen LogP contribution in [0.4, 0.5) is 0 Å². The second kappa shape index (κ2) is 8.59. The summed E-state index contributed by atoms with van der Waals surface area (Å²) >= 11 is 0. The minimum atomic E-state index is -0.375. The molecule has 2 fully saturated rings. The summed E-state index contributed by atoms with van der Waals surface area (Å²) in [5.74, 6) is 0.107. The smallest absolute Gasteiger partial charge is 0.253 e. The van der Waals surface area contributed by atoms with Crippen molar-refractivity contribution in [3.05, 3.63) is 30.0 Å². The lowest BCUT2D eigenvalue weighted by Gasteiger charge is -2.34. The molecule has 2 atom stereocenters. The molecule has 1 aromatic heterocycles. The van der Waals surface area contributed by atoms with Gasteiger partial charge in [0, 0.05) is 44.8 Å².